The average Bonchev–Trinajstić information content (AvgIpc) is 2.50. The van der Waals surface area contributed by atoms with Crippen LogP contribution in [-0.4, -0.2) is 66.1 Å². The molecule has 1 unspecified atom stereocenters. The van der Waals surface area contributed by atoms with Crippen LogP contribution in [0.1, 0.15) is 0 Å². The van der Waals surface area contributed by atoms with Crippen LogP contribution in [0.2, 0.25) is 0 Å². The summed E-state index contributed by atoms with van der Waals surface area (Å²) in [5.41, 5.74) is -6.14. The van der Waals surface area contributed by atoms with E-state index in [0.717, 1.165) is 0 Å². The Morgan fingerprint density at radius 3 is 0.938 bits per heavy atom. The van der Waals surface area contributed by atoms with E-state index >= 15 is 0 Å². The number of hydrogen-bond acceptors (Lipinski definition) is 3. The standard InChI is InChI=1S/C9H2F18O3S.Li/c10-1(31(28,29)30)2(11,12)3(13,14)4(15,16)5(17,18)6(19,20)7(21,22)8(23,24)9(25,26)27;/h1H,(H,28,29,30);/q;+1/p-1. The van der Waals surface area contributed by atoms with Gasteiger partial charge in [0.15, 0.2) is 0 Å². The first kappa shape index (κ1) is 33.4. The van der Waals surface area contributed by atoms with E-state index < -0.39 is 63.3 Å². The van der Waals surface area contributed by atoms with E-state index in [1.54, 1.807) is 0 Å². The molecule has 0 N–H and O–H groups in total. The second-order valence-electron chi connectivity index (χ2n) is 5.38. The first-order valence-electron chi connectivity index (χ1n) is 6.21. The number of rotatable bonds is 8. The maximum atomic E-state index is 13.2. The van der Waals surface area contributed by atoms with Crippen molar-refractivity contribution in [3.8, 4) is 0 Å². The maximum absolute atomic E-state index is 13.2. The predicted molar refractivity (Wildman–Crippen MR) is 55.3 cm³/mol. The Labute approximate surface area is 175 Å². The summed E-state index contributed by atoms with van der Waals surface area (Å²) in [4.78, 5) is 0. The molecule has 0 aliphatic heterocycles. The molecular weight excluding hydrogens is 537 g/mol. The quantitative estimate of drug-likeness (QED) is 0.270. The smallest absolute Gasteiger partial charge is 0.746 e. The zero-order chi connectivity index (χ0) is 26.1. The molecule has 0 spiro atoms. The Morgan fingerprint density at radius 2 is 0.719 bits per heavy atom. The minimum atomic E-state index is -8.99. The zero-order valence-electron chi connectivity index (χ0n) is 14.0. The maximum Gasteiger partial charge on any atom is 1.00 e. The van der Waals surface area contributed by atoms with E-state index in [2.05, 4.69) is 0 Å². The average molecular weight is 538 g/mol. The normalized spacial score (nSPS) is 17.1. The first-order valence-corrected chi connectivity index (χ1v) is 7.68. The summed E-state index contributed by atoms with van der Waals surface area (Å²) in [6.07, 6.45) is -7.93. The van der Waals surface area contributed by atoms with E-state index in [9.17, 15) is 92.0 Å². The first-order chi connectivity index (χ1) is 12.9. The van der Waals surface area contributed by atoms with Crippen LogP contribution in [-0.2, 0) is 10.1 Å². The molecule has 0 aromatic carbocycles. The SMILES string of the molecule is O=S(=O)([O-])C(F)C(F)(F)C(F)(F)C(F)(F)C(F)(F)C(F)(F)C(F)(F)C(F)(F)C(F)(F)F.[Li+]. The van der Waals surface area contributed by atoms with Crippen molar-refractivity contribution in [1.29, 1.82) is 0 Å². The van der Waals surface area contributed by atoms with Crippen LogP contribution in [0.25, 0.3) is 0 Å². The Balaban J connectivity index is 0. The van der Waals surface area contributed by atoms with E-state index in [4.69, 9.17) is 0 Å². The van der Waals surface area contributed by atoms with Crippen molar-refractivity contribution in [2.45, 2.75) is 53.1 Å². The third-order valence-corrected chi connectivity index (χ3v) is 4.09. The number of alkyl halides is 18. The topological polar surface area (TPSA) is 57.2 Å². The van der Waals surface area contributed by atoms with Crippen LogP contribution < -0.4 is 18.9 Å². The van der Waals surface area contributed by atoms with Crippen molar-refractivity contribution < 1.29 is 111 Å². The summed E-state index contributed by atoms with van der Waals surface area (Å²) in [7, 11) is -7.49. The fourth-order valence-electron chi connectivity index (χ4n) is 1.50. The van der Waals surface area contributed by atoms with Gasteiger partial charge in [-0.05, 0) is 0 Å². The molecule has 0 radical (unpaired) electrons. The van der Waals surface area contributed by atoms with Crippen LogP contribution in [0.5, 0.6) is 0 Å². The van der Waals surface area contributed by atoms with Crippen LogP contribution in [0.4, 0.5) is 79.0 Å². The summed E-state index contributed by atoms with van der Waals surface area (Å²) in [6, 6.07) is 0. The molecule has 0 rings (SSSR count). The Bertz CT molecular complexity index is 786. The van der Waals surface area contributed by atoms with Crippen molar-refractivity contribution in [1.82, 2.24) is 0 Å². The van der Waals surface area contributed by atoms with Crippen molar-refractivity contribution in [2.75, 3.05) is 0 Å². The molecule has 0 aromatic heterocycles. The van der Waals surface area contributed by atoms with Crippen LogP contribution in [0.3, 0.4) is 0 Å². The summed E-state index contributed by atoms with van der Waals surface area (Å²) in [5.74, 6) is -60.4. The number of hydrogen-bond donors (Lipinski definition) is 0. The number of halogens is 18. The van der Waals surface area contributed by atoms with Crippen LogP contribution >= 0.6 is 0 Å². The second kappa shape index (κ2) is 8.18. The molecule has 23 heteroatoms. The van der Waals surface area contributed by atoms with Gasteiger partial charge in [-0.25, -0.2) is 12.8 Å². The van der Waals surface area contributed by atoms with Crippen molar-refractivity contribution in [3.63, 3.8) is 0 Å². The Hall–Kier alpha value is -0.753. The van der Waals surface area contributed by atoms with Crippen LogP contribution in [0, 0.1) is 0 Å². The molecule has 1 atom stereocenters. The fraction of sp³-hybridized carbons (Fsp3) is 1.00. The monoisotopic (exact) mass is 538 g/mol. The summed E-state index contributed by atoms with van der Waals surface area (Å²) in [6.45, 7) is 0. The molecule has 0 bridgehead atoms. The van der Waals surface area contributed by atoms with E-state index in [0.29, 0.717) is 0 Å². The molecule has 0 saturated heterocycles. The summed E-state index contributed by atoms with van der Waals surface area (Å²) in [5, 5.41) is 0. The zero-order valence-corrected chi connectivity index (χ0v) is 14.8. The van der Waals surface area contributed by atoms with Crippen molar-refractivity contribution in [2.24, 2.45) is 0 Å². The van der Waals surface area contributed by atoms with Gasteiger partial charge in [0.05, 0.1) is 0 Å². The molecule has 0 saturated carbocycles. The van der Waals surface area contributed by atoms with E-state index in [-0.39, 0.29) is 18.9 Å². The van der Waals surface area contributed by atoms with Gasteiger partial charge in [-0.2, -0.15) is 74.6 Å². The van der Waals surface area contributed by atoms with Gasteiger partial charge in [-0.15, -0.1) is 0 Å². The van der Waals surface area contributed by atoms with Gasteiger partial charge >= 0.3 is 66.5 Å². The molecule has 0 aromatic rings. The summed E-state index contributed by atoms with van der Waals surface area (Å²) >= 11 is 0. The van der Waals surface area contributed by atoms with Gasteiger partial charge in [0.25, 0.3) is 5.50 Å². The minimum Gasteiger partial charge on any atom is -0.746 e. The van der Waals surface area contributed by atoms with E-state index in [1.807, 2.05) is 0 Å². The fourth-order valence-corrected chi connectivity index (χ4v) is 2.01. The van der Waals surface area contributed by atoms with Gasteiger partial charge in [-0.1, -0.05) is 0 Å². The third kappa shape index (κ3) is 4.23. The third-order valence-electron chi connectivity index (χ3n) is 3.28. The Morgan fingerprint density at radius 1 is 0.500 bits per heavy atom. The minimum absolute atomic E-state index is 0. The molecule has 0 amide bonds. The predicted octanol–water partition coefficient (Wildman–Crippen LogP) is 1.84. The van der Waals surface area contributed by atoms with Crippen LogP contribution in [0.15, 0.2) is 0 Å². The molecular formula is C9HF18LiO3S. The van der Waals surface area contributed by atoms with Gasteiger partial charge in [0, 0.05) is 0 Å². The second-order valence-corrected chi connectivity index (χ2v) is 6.78. The van der Waals surface area contributed by atoms with Gasteiger partial charge in [-0.3, -0.25) is 0 Å². The van der Waals surface area contributed by atoms with Crippen molar-refractivity contribution >= 4 is 10.1 Å². The molecule has 0 heterocycles. The summed E-state index contributed by atoms with van der Waals surface area (Å²) < 4.78 is 259. The van der Waals surface area contributed by atoms with Gasteiger partial charge < -0.3 is 4.55 Å². The molecule has 0 fully saturated rings. The Kier molecular flexibility index (Phi) is 8.54. The van der Waals surface area contributed by atoms with Crippen molar-refractivity contribution in [3.05, 3.63) is 0 Å². The largest absolute Gasteiger partial charge is 1.00 e. The molecule has 0 aliphatic carbocycles. The molecule has 0 aliphatic rings. The van der Waals surface area contributed by atoms with E-state index in [1.165, 1.54) is 0 Å². The van der Waals surface area contributed by atoms with Gasteiger partial charge in [0.2, 0.25) is 0 Å². The van der Waals surface area contributed by atoms with Gasteiger partial charge in [0.1, 0.15) is 10.1 Å². The molecule has 3 nitrogen and oxygen atoms in total. The molecule has 32 heavy (non-hydrogen) atoms. The molecule has 188 valence electrons.